The molecule has 1 aromatic carbocycles. The number of ether oxygens (including phenoxy) is 2. The smallest absolute Gasteiger partial charge is 0.125 e. The van der Waals surface area contributed by atoms with Gasteiger partial charge in [-0.2, -0.15) is 0 Å². The van der Waals surface area contributed by atoms with Crippen LogP contribution in [0.3, 0.4) is 0 Å². The van der Waals surface area contributed by atoms with Crippen LogP contribution in [0.25, 0.3) is 0 Å². The molecule has 2 aliphatic heterocycles. The first-order valence-corrected chi connectivity index (χ1v) is 7.69. The molecule has 3 rings (SSSR count). The van der Waals surface area contributed by atoms with Gasteiger partial charge in [0.2, 0.25) is 0 Å². The first-order chi connectivity index (χ1) is 9.58. The molecule has 0 saturated carbocycles. The Kier molecular flexibility index (Phi) is 3.74. The number of benzene rings is 1. The van der Waals surface area contributed by atoms with Gasteiger partial charge in [0.15, 0.2) is 0 Å². The van der Waals surface area contributed by atoms with Crippen LogP contribution in [-0.4, -0.2) is 24.9 Å². The van der Waals surface area contributed by atoms with E-state index in [4.69, 9.17) is 9.47 Å². The fraction of sp³-hybridized carbons (Fsp3) is 0.647. The van der Waals surface area contributed by atoms with Gasteiger partial charge in [0.05, 0.1) is 6.04 Å². The van der Waals surface area contributed by atoms with Gasteiger partial charge in [0.25, 0.3) is 0 Å². The van der Waals surface area contributed by atoms with Crippen LogP contribution in [-0.2, 0) is 4.74 Å². The van der Waals surface area contributed by atoms with Crippen LogP contribution in [0, 0.1) is 5.92 Å². The van der Waals surface area contributed by atoms with E-state index in [-0.39, 0.29) is 11.6 Å². The van der Waals surface area contributed by atoms with E-state index >= 15 is 0 Å². The summed E-state index contributed by atoms with van der Waals surface area (Å²) < 4.78 is 11.6. The van der Waals surface area contributed by atoms with Crippen molar-refractivity contribution in [2.24, 2.45) is 5.92 Å². The molecule has 110 valence electrons. The quantitative estimate of drug-likeness (QED) is 0.918. The predicted molar refractivity (Wildman–Crippen MR) is 80.0 cm³/mol. The van der Waals surface area contributed by atoms with Crippen molar-refractivity contribution in [3.05, 3.63) is 29.8 Å². The number of hydrogen-bond acceptors (Lipinski definition) is 3. The molecular formula is C17H25NO2. The van der Waals surface area contributed by atoms with Crippen molar-refractivity contribution in [3.63, 3.8) is 0 Å². The van der Waals surface area contributed by atoms with E-state index in [0.29, 0.717) is 12.0 Å². The predicted octanol–water partition coefficient (Wildman–Crippen LogP) is 3.30. The lowest BCUT2D eigenvalue weighted by atomic mass is 9.89. The highest BCUT2D eigenvalue weighted by molar-refractivity contribution is 5.42. The van der Waals surface area contributed by atoms with Gasteiger partial charge in [-0.25, -0.2) is 0 Å². The zero-order chi connectivity index (χ0) is 14.2. The monoisotopic (exact) mass is 275 g/mol. The number of nitrogens with one attached hydrogen (secondary N) is 1. The molecule has 2 heterocycles. The maximum atomic E-state index is 6.11. The summed E-state index contributed by atoms with van der Waals surface area (Å²) in [5.74, 6) is 1.72. The molecule has 0 bridgehead atoms. The first kappa shape index (κ1) is 13.9. The topological polar surface area (TPSA) is 30.5 Å². The standard InChI is InChI=1S/C17H25NO2/c1-12(13-8-10-19-11-9-13)18-16-14-6-4-5-7-15(14)20-17(16,2)3/h4-7,12-13,16,18H,8-11H2,1-3H3. The molecule has 2 unspecified atom stereocenters. The van der Waals surface area contributed by atoms with Gasteiger partial charge >= 0.3 is 0 Å². The third-order valence-electron chi connectivity index (χ3n) is 4.70. The number of rotatable bonds is 3. The van der Waals surface area contributed by atoms with Crippen molar-refractivity contribution in [1.82, 2.24) is 5.32 Å². The summed E-state index contributed by atoms with van der Waals surface area (Å²) in [7, 11) is 0. The second-order valence-electron chi connectivity index (χ2n) is 6.58. The van der Waals surface area contributed by atoms with Gasteiger partial charge in [-0.15, -0.1) is 0 Å². The number of fused-ring (bicyclic) bond motifs is 1. The lowest BCUT2D eigenvalue weighted by Crippen LogP contribution is -2.46. The summed E-state index contributed by atoms with van der Waals surface area (Å²) in [6.07, 6.45) is 2.31. The van der Waals surface area contributed by atoms with Crippen molar-refractivity contribution in [1.29, 1.82) is 0 Å². The van der Waals surface area contributed by atoms with Crippen molar-refractivity contribution in [2.75, 3.05) is 13.2 Å². The number of para-hydroxylation sites is 1. The third kappa shape index (κ3) is 2.57. The molecule has 1 N–H and O–H groups in total. The van der Waals surface area contributed by atoms with Crippen LogP contribution >= 0.6 is 0 Å². The average Bonchev–Trinajstić information content (AvgIpc) is 2.70. The second kappa shape index (κ2) is 5.38. The molecule has 2 atom stereocenters. The maximum absolute atomic E-state index is 6.11. The lowest BCUT2D eigenvalue weighted by molar-refractivity contribution is 0.0442. The normalized spacial score (nSPS) is 26.9. The lowest BCUT2D eigenvalue weighted by Gasteiger charge is -2.34. The van der Waals surface area contributed by atoms with Crippen LogP contribution in [0.5, 0.6) is 5.75 Å². The zero-order valence-electron chi connectivity index (χ0n) is 12.7. The minimum absolute atomic E-state index is 0.191. The molecule has 20 heavy (non-hydrogen) atoms. The average molecular weight is 275 g/mol. The fourth-order valence-corrected chi connectivity index (χ4v) is 3.43. The van der Waals surface area contributed by atoms with Crippen LogP contribution in [0.2, 0.25) is 0 Å². The van der Waals surface area contributed by atoms with E-state index in [1.807, 2.05) is 6.07 Å². The molecule has 0 aromatic heterocycles. The van der Waals surface area contributed by atoms with E-state index in [0.717, 1.165) is 31.8 Å². The Labute approximate surface area is 121 Å². The van der Waals surface area contributed by atoms with Crippen LogP contribution in [0.1, 0.15) is 45.2 Å². The summed E-state index contributed by atoms with van der Waals surface area (Å²) >= 11 is 0. The van der Waals surface area contributed by atoms with Crippen molar-refractivity contribution in [2.45, 2.75) is 51.3 Å². The van der Waals surface area contributed by atoms with Gasteiger partial charge in [-0.3, -0.25) is 0 Å². The summed E-state index contributed by atoms with van der Waals surface area (Å²) in [6, 6.07) is 9.13. The molecule has 0 aliphatic carbocycles. The SMILES string of the molecule is CC(NC1c2ccccc2OC1(C)C)C1CCOCC1. The van der Waals surface area contributed by atoms with Crippen molar-refractivity contribution in [3.8, 4) is 5.75 Å². The van der Waals surface area contributed by atoms with Gasteiger partial charge in [0.1, 0.15) is 11.4 Å². The molecule has 3 nitrogen and oxygen atoms in total. The molecule has 1 aromatic rings. The van der Waals surface area contributed by atoms with Crippen molar-refractivity contribution < 1.29 is 9.47 Å². The maximum Gasteiger partial charge on any atom is 0.125 e. The summed E-state index contributed by atoms with van der Waals surface area (Å²) in [5, 5.41) is 3.81. The molecule has 2 aliphatic rings. The van der Waals surface area contributed by atoms with Crippen LogP contribution in [0.15, 0.2) is 24.3 Å². The highest BCUT2D eigenvalue weighted by Gasteiger charge is 2.42. The second-order valence-corrected chi connectivity index (χ2v) is 6.58. The third-order valence-corrected chi connectivity index (χ3v) is 4.70. The van der Waals surface area contributed by atoms with Gasteiger partial charge in [-0.1, -0.05) is 18.2 Å². The van der Waals surface area contributed by atoms with E-state index in [1.54, 1.807) is 0 Å². The Morgan fingerprint density at radius 1 is 1.20 bits per heavy atom. The Balaban J connectivity index is 1.75. The molecule has 0 amide bonds. The number of hydrogen-bond donors (Lipinski definition) is 1. The molecule has 1 saturated heterocycles. The minimum atomic E-state index is -0.191. The Hall–Kier alpha value is -1.06. The first-order valence-electron chi connectivity index (χ1n) is 7.69. The van der Waals surface area contributed by atoms with E-state index in [1.165, 1.54) is 5.56 Å². The van der Waals surface area contributed by atoms with E-state index in [9.17, 15) is 0 Å². The summed E-state index contributed by atoms with van der Waals surface area (Å²) in [6.45, 7) is 8.44. The van der Waals surface area contributed by atoms with Gasteiger partial charge in [-0.05, 0) is 45.6 Å². The Bertz CT molecular complexity index is 466. The minimum Gasteiger partial charge on any atom is -0.486 e. The zero-order valence-corrected chi connectivity index (χ0v) is 12.7. The molecular weight excluding hydrogens is 250 g/mol. The van der Waals surface area contributed by atoms with E-state index in [2.05, 4.69) is 44.3 Å². The van der Waals surface area contributed by atoms with Crippen LogP contribution < -0.4 is 10.1 Å². The summed E-state index contributed by atoms with van der Waals surface area (Å²) in [4.78, 5) is 0. The van der Waals surface area contributed by atoms with Gasteiger partial charge in [0, 0.05) is 24.8 Å². The van der Waals surface area contributed by atoms with Crippen LogP contribution in [0.4, 0.5) is 0 Å². The highest BCUT2D eigenvalue weighted by Crippen LogP contribution is 2.43. The highest BCUT2D eigenvalue weighted by atomic mass is 16.5. The Morgan fingerprint density at radius 3 is 2.65 bits per heavy atom. The molecule has 0 spiro atoms. The molecule has 1 fully saturated rings. The largest absolute Gasteiger partial charge is 0.486 e. The fourth-order valence-electron chi connectivity index (χ4n) is 3.43. The Morgan fingerprint density at radius 2 is 1.90 bits per heavy atom. The summed E-state index contributed by atoms with van der Waals surface area (Å²) in [5.41, 5.74) is 1.10. The van der Waals surface area contributed by atoms with Gasteiger partial charge < -0.3 is 14.8 Å². The van der Waals surface area contributed by atoms with Crippen molar-refractivity contribution >= 4 is 0 Å². The molecule has 3 heteroatoms. The van der Waals surface area contributed by atoms with E-state index < -0.39 is 0 Å². The molecule has 0 radical (unpaired) electrons.